The van der Waals surface area contributed by atoms with Crippen LogP contribution in [0.15, 0.2) is 4.90 Å². The summed E-state index contributed by atoms with van der Waals surface area (Å²) in [6.45, 7) is 6.51. The van der Waals surface area contributed by atoms with Gasteiger partial charge in [0.25, 0.3) is 0 Å². The van der Waals surface area contributed by atoms with Crippen molar-refractivity contribution in [3.05, 3.63) is 11.4 Å². The van der Waals surface area contributed by atoms with Crippen molar-refractivity contribution in [1.82, 2.24) is 14.1 Å². The van der Waals surface area contributed by atoms with Crippen molar-refractivity contribution in [3.8, 4) is 0 Å². The number of aryl methyl sites for hydroxylation is 2. The first-order chi connectivity index (χ1) is 9.30. The van der Waals surface area contributed by atoms with Crippen LogP contribution in [0.4, 0.5) is 0 Å². The van der Waals surface area contributed by atoms with E-state index < -0.39 is 10.0 Å². The molecule has 0 amide bonds. The van der Waals surface area contributed by atoms with E-state index >= 15 is 0 Å². The molecule has 0 bridgehead atoms. The highest BCUT2D eigenvalue weighted by Gasteiger charge is 2.38. The molecule has 1 aliphatic rings. The van der Waals surface area contributed by atoms with E-state index in [2.05, 4.69) is 12.0 Å². The van der Waals surface area contributed by atoms with E-state index in [4.69, 9.17) is 5.73 Å². The fraction of sp³-hybridized carbons (Fsp3) is 0.769. The molecule has 2 rings (SSSR count). The van der Waals surface area contributed by atoms with E-state index in [0.717, 1.165) is 12.8 Å². The smallest absolute Gasteiger partial charge is 0.247 e. The second-order valence-corrected chi connectivity index (χ2v) is 7.49. The van der Waals surface area contributed by atoms with Gasteiger partial charge in [-0.1, -0.05) is 6.92 Å². The lowest BCUT2D eigenvalue weighted by Crippen LogP contribution is -2.51. The van der Waals surface area contributed by atoms with E-state index in [1.165, 1.54) is 0 Å². The predicted octanol–water partition coefficient (Wildman–Crippen LogP) is 0.785. The van der Waals surface area contributed by atoms with Gasteiger partial charge in [-0.2, -0.15) is 9.40 Å². The fourth-order valence-corrected chi connectivity index (χ4v) is 5.28. The van der Waals surface area contributed by atoms with Gasteiger partial charge in [0.15, 0.2) is 0 Å². The molecule has 2 heterocycles. The summed E-state index contributed by atoms with van der Waals surface area (Å²) in [5.74, 6) is 0.292. The summed E-state index contributed by atoms with van der Waals surface area (Å²) in [7, 11) is -1.76. The molecule has 0 aromatic carbocycles. The van der Waals surface area contributed by atoms with Crippen LogP contribution in [-0.2, 0) is 17.1 Å². The Morgan fingerprint density at radius 2 is 2.05 bits per heavy atom. The number of piperidine rings is 1. The number of sulfonamides is 1. The third kappa shape index (κ3) is 2.38. The van der Waals surface area contributed by atoms with E-state index in [0.29, 0.717) is 35.3 Å². The van der Waals surface area contributed by atoms with Crippen LogP contribution in [0.1, 0.15) is 31.2 Å². The molecular weight excluding hydrogens is 276 g/mol. The first-order valence-electron chi connectivity index (χ1n) is 7.02. The van der Waals surface area contributed by atoms with Crippen LogP contribution in [0.5, 0.6) is 0 Å². The van der Waals surface area contributed by atoms with Gasteiger partial charge >= 0.3 is 0 Å². The normalized spacial score (nSPS) is 25.1. The third-order valence-corrected chi connectivity index (χ3v) is 6.49. The molecular formula is C13H24N4O2S. The maximum Gasteiger partial charge on any atom is 0.247 e. The number of rotatable bonds is 3. The summed E-state index contributed by atoms with van der Waals surface area (Å²) in [6.07, 6.45) is 1.91. The fourth-order valence-electron chi connectivity index (χ4n) is 3.10. The minimum Gasteiger partial charge on any atom is -0.329 e. The topological polar surface area (TPSA) is 81.2 Å². The SMILES string of the molecule is Cc1nn(C)c(C)c1S(=O)(=O)N1CCCC(C)C1CN. The molecule has 7 heteroatoms. The minimum absolute atomic E-state index is 0.118. The lowest BCUT2D eigenvalue weighted by molar-refractivity contribution is 0.192. The van der Waals surface area contributed by atoms with Crippen LogP contribution in [0.2, 0.25) is 0 Å². The molecule has 114 valence electrons. The molecule has 1 saturated heterocycles. The first-order valence-corrected chi connectivity index (χ1v) is 8.46. The Kier molecular flexibility index (Phi) is 4.22. The van der Waals surface area contributed by atoms with Crippen molar-refractivity contribution in [2.24, 2.45) is 18.7 Å². The summed E-state index contributed by atoms with van der Waals surface area (Å²) in [5.41, 5.74) is 7.05. The van der Waals surface area contributed by atoms with Gasteiger partial charge in [-0.15, -0.1) is 0 Å². The highest BCUT2D eigenvalue weighted by molar-refractivity contribution is 7.89. The van der Waals surface area contributed by atoms with Gasteiger partial charge in [0, 0.05) is 26.2 Å². The van der Waals surface area contributed by atoms with E-state index in [1.807, 2.05) is 0 Å². The van der Waals surface area contributed by atoms with E-state index in [-0.39, 0.29) is 6.04 Å². The Bertz CT molecular complexity index is 594. The van der Waals surface area contributed by atoms with Crippen molar-refractivity contribution >= 4 is 10.0 Å². The molecule has 2 N–H and O–H groups in total. The number of hydrogen-bond donors (Lipinski definition) is 1. The molecule has 1 aromatic rings. The van der Waals surface area contributed by atoms with E-state index in [1.54, 1.807) is 29.9 Å². The molecule has 0 saturated carbocycles. The number of nitrogens with two attached hydrogens (primary N) is 1. The summed E-state index contributed by atoms with van der Waals surface area (Å²) < 4.78 is 29.1. The molecule has 1 aromatic heterocycles. The molecule has 1 fully saturated rings. The highest BCUT2D eigenvalue weighted by Crippen LogP contribution is 2.31. The summed E-state index contributed by atoms with van der Waals surface area (Å²) in [6, 6.07) is -0.118. The quantitative estimate of drug-likeness (QED) is 0.894. The largest absolute Gasteiger partial charge is 0.329 e. The Labute approximate surface area is 121 Å². The number of aromatic nitrogens is 2. The van der Waals surface area contributed by atoms with Gasteiger partial charge in [0.2, 0.25) is 10.0 Å². The maximum atomic E-state index is 13.0. The van der Waals surface area contributed by atoms with E-state index in [9.17, 15) is 8.42 Å². The zero-order chi connectivity index (χ0) is 15.1. The molecule has 6 nitrogen and oxygen atoms in total. The monoisotopic (exact) mass is 300 g/mol. The zero-order valence-electron chi connectivity index (χ0n) is 12.6. The Morgan fingerprint density at radius 1 is 1.40 bits per heavy atom. The average Bonchev–Trinajstić information content (AvgIpc) is 2.63. The van der Waals surface area contributed by atoms with Crippen LogP contribution in [-0.4, -0.2) is 41.6 Å². The highest BCUT2D eigenvalue weighted by atomic mass is 32.2. The van der Waals surface area contributed by atoms with Crippen molar-refractivity contribution in [2.75, 3.05) is 13.1 Å². The Morgan fingerprint density at radius 3 is 2.55 bits per heavy atom. The number of nitrogens with zero attached hydrogens (tertiary/aromatic N) is 3. The standard InChI is InChI=1S/C13H24N4O2S/c1-9-6-5-7-17(12(9)8-14)20(18,19)13-10(2)15-16(4)11(13)3/h9,12H,5-8,14H2,1-4H3. The van der Waals surface area contributed by atoms with Gasteiger partial charge in [-0.25, -0.2) is 8.42 Å². The van der Waals surface area contributed by atoms with Crippen LogP contribution >= 0.6 is 0 Å². The predicted molar refractivity (Wildman–Crippen MR) is 77.8 cm³/mol. The van der Waals surface area contributed by atoms with Gasteiger partial charge in [-0.05, 0) is 32.6 Å². The molecule has 20 heavy (non-hydrogen) atoms. The summed E-state index contributed by atoms with van der Waals surface area (Å²) in [4.78, 5) is 0.340. The van der Waals surface area contributed by atoms with Crippen molar-refractivity contribution in [3.63, 3.8) is 0 Å². The van der Waals surface area contributed by atoms with Crippen LogP contribution in [0, 0.1) is 19.8 Å². The van der Waals surface area contributed by atoms with Gasteiger partial charge in [-0.3, -0.25) is 4.68 Å². The molecule has 0 radical (unpaired) electrons. The van der Waals surface area contributed by atoms with Gasteiger partial charge < -0.3 is 5.73 Å². The molecule has 2 atom stereocenters. The van der Waals surface area contributed by atoms with Crippen molar-refractivity contribution in [2.45, 2.75) is 44.6 Å². The zero-order valence-corrected chi connectivity index (χ0v) is 13.4. The maximum absolute atomic E-state index is 13.0. The Balaban J connectivity index is 2.48. The first kappa shape index (κ1) is 15.5. The lowest BCUT2D eigenvalue weighted by atomic mass is 9.93. The second-order valence-electron chi connectivity index (χ2n) is 5.66. The van der Waals surface area contributed by atoms with Gasteiger partial charge in [0.1, 0.15) is 4.90 Å². The Hall–Kier alpha value is -0.920. The van der Waals surface area contributed by atoms with Crippen molar-refractivity contribution in [1.29, 1.82) is 0 Å². The minimum atomic E-state index is -3.53. The molecule has 0 aliphatic carbocycles. The second kappa shape index (κ2) is 5.46. The van der Waals surface area contributed by atoms with Crippen LogP contribution in [0.25, 0.3) is 0 Å². The lowest BCUT2D eigenvalue weighted by Gasteiger charge is -2.38. The van der Waals surface area contributed by atoms with Gasteiger partial charge in [0.05, 0.1) is 11.4 Å². The number of hydrogen-bond acceptors (Lipinski definition) is 4. The van der Waals surface area contributed by atoms with Crippen LogP contribution in [0.3, 0.4) is 0 Å². The molecule has 0 spiro atoms. The molecule has 1 aliphatic heterocycles. The average molecular weight is 300 g/mol. The summed E-state index contributed by atoms with van der Waals surface area (Å²) >= 11 is 0. The van der Waals surface area contributed by atoms with Crippen LogP contribution < -0.4 is 5.73 Å². The third-order valence-electron chi connectivity index (χ3n) is 4.32. The van der Waals surface area contributed by atoms with Crippen molar-refractivity contribution < 1.29 is 8.42 Å². The molecule has 2 unspecified atom stereocenters. The summed E-state index contributed by atoms with van der Waals surface area (Å²) in [5, 5.41) is 4.22.